The highest BCUT2D eigenvalue weighted by molar-refractivity contribution is 5.93. The largest absolute Gasteiger partial charge is 0.358 e. The van der Waals surface area contributed by atoms with E-state index in [-0.39, 0.29) is 35.9 Å². The van der Waals surface area contributed by atoms with Crippen LogP contribution >= 0.6 is 12.4 Å². The summed E-state index contributed by atoms with van der Waals surface area (Å²) >= 11 is 0. The summed E-state index contributed by atoms with van der Waals surface area (Å²) in [7, 11) is 0. The van der Waals surface area contributed by atoms with E-state index in [2.05, 4.69) is 4.98 Å². The number of aromatic nitrogens is 1. The van der Waals surface area contributed by atoms with Gasteiger partial charge >= 0.3 is 5.82 Å². The third-order valence-corrected chi connectivity index (χ3v) is 2.84. The van der Waals surface area contributed by atoms with Crippen molar-refractivity contribution < 1.29 is 9.72 Å². The molecule has 1 saturated heterocycles. The molecule has 100 valence electrons. The van der Waals surface area contributed by atoms with Gasteiger partial charge < -0.3 is 20.7 Å². The molecule has 1 atom stereocenters. The first-order valence-corrected chi connectivity index (χ1v) is 5.46. The number of H-pyrrole nitrogens is 1. The van der Waals surface area contributed by atoms with E-state index < -0.39 is 4.92 Å². The van der Waals surface area contributed by atoms with Crippen molar-refractivity contribution in [3.8, 4) is 0 Å². The van der Waals surface area contributed by atoms with Crippen molar-refractivity contribution in [1.29, 1.82) is 0 Å². The fourth-order valence-electron chi connectivity index (χ4n) is 1.98. The lowest BCUT2D eigenvalue weighted by Gasteiger charge is -2.29. The zero-order valence-corrected chi connectivity index (χ0v) is 10.5. The molecule has 0 radical (unpaired) electrons. The fourth-order valence-corrected chi connectivity index (χ4v) is 1.98. The molecule has 3 N–H and O–H groups in total. The van der Waals surface area contributed by atoms with Crippen molar-refractivity contribution in [2.45, 2.75) is 18.9 Å². The van der Waals surface area contributed by atoms with Crippen LogP contribution < -0.4 is 5.73 Å². The summed E-state index contributed by atoms with van der Waals surface area (Å²) < 4.78 is 0. The molecule has 7 nitrogen and oxygen atoms in total. The molecule has 8 heteroatoms. The predicted molar refractivity (Wildman–Crippen MR) is 67.8 cm³/mol. The molecule has 0 spiro atoms. The number of halogens is 1. The number of amides is 1. The molecule has 1 aliphatic heterocycles. The number of carbonyl (C=O) groups is 1. The Morgan fingerprint density at radius 2 is 2.28 bits per heavy atom. The number of hydrogen-bond acceptors (Lipinski definition) is 4. The molecular formula is C10H15ClN4O3. The van der Waals surface area contributed by atoms with Gasteiger partial charge in [0.05, 0.1) is 0 Å². The minimum absolute atomic E-state index is 0. The molecule has 1 aliphatic rings. The third kappa shape index (κ3) is 2.99. The van der Waals surface area contributed by atoms with Gasteiger partial charge in [-0.1, -0.05) is 0 Å². The number of carbonyl (C=O) groups excluding carboxylic acids is 1. The van der Waals surface area contributed by atoms with E-state index in [1.165, 1.54) is 12.1 Å². The summed E-state index contributed by atoms with van der Waals surface area (Å²) in [6, 6.07) is 2.72. The Bertz CT molecular complexity index is 448. The van der Waals surface area contributed by atoms with E-state index in [1.54, 1.807) is 4.90 Å². The second-order valence-electron chi connectivity index (χ2n) is 4.17. The number of rotatable bonds is 2. The molecule has 0 saturated carbocycles. The smallest absolute Gasteiger partial charge is 0.321 e. The Labute approximate surface area is 110 Å². The first-order chi connectivity index (χ1) is 8.08. The van der Waals surface area contributed by atoms with Gasteiger partial charge in [-0.05, 0) is 23.8 Å². The van der Waals surface area contributed by atoms with Gasteiger partial charge in [0.2, 0.25) is 0 Å². The van der Waals surface area contributed by atoms with Gasteiger partial charge in [0, 0.05) is 25.2 Å². The number of nitrogens with one attached hydrogen (secondary N) is 1. The van der Waals surface area contributed by atoms with Crippen molar-refractivity contribution in [3.63, 3.8) is 0 Å². The zero-order chi connectivity index (χ0) is 12.4. The molecule has 0 unspecified atom stereocenters. The summed E-state index contributed by atoms with van der Waals surface area (Å²) in [5.74, 6) is -0.400. The molecule has 2 heterocycles. The highest BCUT2D eigenvalue weighted by atomic mass is 35.5. The van der Waals surface area contributed by atoms with Crippen molar-refractivity contribution >= 4 is 24.1 Å². The van der Waals surface area contributed by atoms with Crippen LogP contribution in [0.5, 0.6) is 0 Å². The maximum absolute atomic E-state index is 12.0. The van der Waals surface area contributed by atoms with Crippen LogP contribution in [-0.4, -0.2) is 39.8 Å². The van der Waals surface area contributed by atoms with Crippen molar-refractivity contribution in [3.05, 3.63) is 27.9 Å². The average Bonchev–Trinajstić information content (AvgIpc) is 2.77. The maximum atomic E-state index is 12.0. The van der Waals surface area contributed by atoms with E-state index in [0.29, 0.717) is 13.1 Å². The summed E-state index contributed by atoms with van der Waals surface area (Å²) in [6.07, 6.45) is 1.78. The van der Waals surface area contributed by atoms with Gasteiger partial charge in [-0.3, -0.25) is 4.79 Å². The highest BCUT2D eigenvalue weighted by Gasteiger charge is 2.25. The number of piperidine rings is 1. The van der Waals surface area contributed by atoms with E-state index in [4.69, 9.17) is 5.73 Å². The van der Waals surface area contributed by atoms with Crippen LogP contribution in [0.15, 0.2) is 12.1 Å². The third-order valence-electron chi connectivity index (χ3n) is 2.84. The number of nitrogens with two attached hydrogens (primary N) is 1. The summed E-state index contributed by atoms with van der Waals surface area (Å²) in [5.41, 5.74) is 6.02. The lowest BCUT2D eigenvalue weighted by molar-refractivity contribution is -0.389. The second-order valence-corrected chi connectivity index (χ2v) is 4.17. The van der Waals surface area contributed by atoms with E-state index in [1.807, 2.05) is 0 Å². The van der Waals surface area contributed by atoms with Gasteiger partial charge in [0.25, 0.3) is 5.91 Å². The first kappa shape index (κ1) is 14.5. The quantitative estimate of drug-likeness (QED) is 0.617. The molecule has 0 aromatic carbocycles. The molecule has 2 rings (SSSR count). The lowest BCUT2D eigenvalue weighted by Crippen LogP contribution is -2.45. The minimum atomic E-state index is -0.557. The molecule has 1 aromatic heterocycles. The number of aromatic amines is 1. The van der Waals surface area contributed by atoms with E-state index >= 15 is 0 Å². The summed E-state index contributed by atoms with van der Waals surface area (Å²) in [6.45, 7) is 1.16. The highest BCUT2D eigenvalue weighted by Crippen LogP contribution is 2.15. The molecule has 18 heavy (non-hydrogen) atoms. The van der Waals surface area contributed by atoms with E-state index in [0.717, 1.165) is 12.8 Å². The second kappa shape index (κ2) is 5.83. The molecular weight excluding hydrogens is 260 g/mol. The van der Waals surface area contributed by atoms with Crippen LogP contribution in [-0.2, 0) is 0 Å². The van der Waals surface area contributed by atoms with Gasteiger partial charge in [0.15, 0.2) is 5.69 Å². The topological polar surface area (TPSA) is 105 Å². The van der Waals surface area contributed by atoms with Crippen molar-refractivity contribution in [1.82, 2.24) is 9.88 Å². The number of hydrogen-bond donors (Lipinski definition) is 2. The van der Waals surface area contributed by atoms with Crippen LogP contribution in [0.25, 0.3) is 0 Å². The number of nitro groups is 1. The van der Waals surface area contributed by atoms with Gasteiger partial charge in [-0.2, -0.15) is 0 Å². The van der Waals surface area contributed by atoms with E-state index in [9.17, 15) is 14.9 Å². The normalized spacial score (nSPS) is 19.2. The van der Waals surface area contributed by atoms with Crippen LogP contribution in [0.2, 0.25) is 0 Å². The Morgan fingerprint density at radius 3 is 2.83 bits per heavy atom. The number of likely N-dealkylation sites (tertiary alicyclic amines) is 1. The van der Waals surface area contributed by atoms with Crippen molar-refractivity contribution in [2.24, 2.45) is 5.73 Å². The van der Waals surface area contributed by atoms with Gasteiger partial charge in [-0.25, -0.2) is 4.98 Å². The minimum Gasteiger partial charge on any atom is -0.358 e. The van der Waals surface area contributed by atoms with Gasteiger partial charge in [-0.15, -0.1) is 12.4 Å². The molecule has 1 aromatic rings. The SMILES string of the molecule is Cl.N[C@@H]1CCCN(C(=O)c2ccc([N+](=O)[O-])[nH]2)C1. The summed E-state index contributed by atoms with van der Waals surface area (Å²) in [4.78, 5) is 26.1. The molecule has 0 bridgehead atoms. The van der Waals surface area contributed by atoms with Crippen LogP contribution in [0.1, 0.15) is 23.3 Å². The zero-order valence-electron chi connectivity index (χ0n) is 9.67. The monoisotopic (exact) mass is 274 g/mol. The Hall–Kier alpha value is -1.60. The molecule has 1 fully saturated rings. The van der Waals surface area contributed by atoms with Crippen LogP contribution in [0.4, 0.5) is 5.82 Å². The molecule has 1 amide bonds. The van der Waals surface area contributed by atoms with Crippen molar-refractivity contribution in [2.75, 3.05) is 13.1 Å². The first-order valence-electron chi connectivity index (χ1n) is 5.46. The Balaban J connectivity index is 0.00000162. The standard InChI is InChI=1S/C10H14N4O3.ClH/c11-7-2-1-5-13(6-7)10(15)8-3-4-9(12-8)14(16)17;/h3-4,7,12H,1-2,5-6,11H2;1H/t7-;/m1./s1. The Morgan fingerprint density at radius 1 is 1.56 bits per heavy atom. The maximum Gasteiger partial charge on any atom is 0.321 e. The number of nitrogens with zero attached hydrogens (tertiary/aromatic N) is 2. The van der Waals surface area contributed by atoms with Crippen LogP contribution in [0.3, 0.4) is 0 Å². The van der Waals surface area contributed by atoms with Gasteiger partial charge in [0.1, 0.15) is 0 Å². The average molecular weight is 275 g/mol. The predicted octanol–water partition coefficient (Wildman–Crippen LogP) is 0.908. The summed E-state index contributed by atoms with van der Waals surface area (Å²) in [5, 5.41) is 10.5. The fraction of sp³-hybridized carbons (Fsp3) is 0.500. The molecule has 0 aliphatic carbocycles. The van der Waals surface area contributed by atoms with Crippen LogP contribution in [0, 0.1) is 10.1 Å². The Kier molecular flexibility index (Phi) is 4.69. The lowest BCUT2D eigenvalue weighted by atomic mass is 10.1.